The molecule has 0 atom stereocenters. The number of aromatic nitrogens is 1. The van der Waals surface area contributed by atoms with Crippen molar-refractivity contribution in [3.05, 3.63) is 48.0 Å². The van der Waals surface area contributed by atoms with E-state index in [1.54, 1.807) is 18.2 Å². The second-order valence-electron chi connectivity index (χ2n) is 3.17. The Morgan fingerprint density at radius 1 is 1.35 bits per heavy atom. The van der Waals surface area contributed by atoms with Crippen molar-refractivity contribution in [2.24, 2.45) is 0 Å². The summed E-state index contributed by atoms with van der Waals surface area (Å²) in [5, 5.41) is 11.1. The van der Waals surface area contributed by atoms with E-state index in [2.05, 4.69) is 10.3 Å². The van der Waals surface area contributed by atoms with Gasteiger partial charge in [-0.15, -0.1) is 0 Å². The molecule has 0 unspecified atom stereocenters. The van der Waals surface area contributed by atoms with E-state index in [1.165, 1.54) is 6.20 Å². The van der Waals surface area contributed by atoms with Gasteiger partial charge in [-0.3, -0.25) is 4.79 Å². The molecule has 1 amide bonds. The van der Waals surface area contributed by atoms with Gasteiger partial charge < -0.3 is 14.8 Å². The van der Waals surface area contributed by atoms with E-state index >= 15 is 0 Å². The van der Waals surface area contributed by atoms with Crippen LogP contribution in [-0.4, -0.2) is 22.0 Å². The fourth-order valence-electron chi connectivity index (χ4n) is 1.18. The highest BCUT2D eigenvalue weighted by Crippen LogP contribution is 2.10. The van der Waals surface area contributed by atoms with Crippen LogP contribution < -0.4 is 5.32 Å². The number of carbonyl (C=O) groups excluding carboxylic acids is 1. The smallest absolute Gasteiger partial charge is 0.338 e. The van der Waals surface area contributed by atoms with Crippen LogP contribution in [0.15, 0.2) is 41.1 Å². The summed E-state index contributed by atoms with van der Waals surface area (Å²) in [6.07, 6.45) is 2.54. The molecule has 0 aliphatic carbocycles. The summed E-state index contributed by atoms with van der Waals surface area (Å²) >= 11 is 0. The number of nitrogens with zero attached hydrogens (tertiary/aromatic N) is 1. The lowest BCUT2D eigenvalue weighted by Crippen LogP contribution is -2.11. The molecule has 0 fully saturated rings. The van der Waals surface area contributed by atoms with E-state index in [0.29, 0.717) is 5.82 Å². The van der Waals surface area contributed by atoms with Crippen molar-refractivity contribution < 1.29 is 19.1 Å². The average molecular weight is 232 g/mol. The van der Waals surface area contributed by atoms with Crippen LogP contribution in [0.5, 0.6) is 0 Å². The van der Waals surface area contributed by atoms with Gasteiger partial charge in [0.1, 0.15) is 12.1 Å². The molecule has 86 valence electrons. The van der Waals surface area contributed by atoms with Gasteiger partial charge >= 0.3 is 5.97 Å². The Morgan fingerprint density at radius 3 is 2.76 bits per heavy atom. The second-order valence-corrected chi connectivity index (χ2v) is 3.17. The standard InChI is InChI=1S/C11H8N2O4/c14-10(13-9-3-1-2-4-12-9)8-5-7(6-17-8)11(15)16/h1-6H,(H,15,16)(H,12,13,14). The predicted octanol–water partition coefficient (Wildman–Crippen LogP) is 1.63. The topological polar surface area (TPSA) is 92.4 Å². The number of hydrogen-bond acceptors (Lipinski definition) is 4. The lowest BCUT2D eigenvalue weighted by molar-refractivity contribution is 0.0696. The summed E-state index contributed by atoms with van der Waals surface area (Å²) in [6.45, 7) is 0. The van der Waals surface area contributed by atoms with Gasteiger partial charge in [0.05, 0.1) is 5.56 Å². The number of anilines is 1. The van der Waals surface area contributed by atoms with E-state index in [4.69, 9.17) is 9.52 Å². The molecule has 2 aromatic rings. The number of carbonyl (C=O) groups is 2. The van der Waals surface area contributed by atoms with Crippen molar-refractivity contribution in [3.8, 4) is 0 Å². The zero-order valence-corrected chi connectivity index (χ0v) is 8.58. The molecule has 2 aromatic heterocycles. The van der Waals surface area contributed by atoms with Gasteiger partial charge in [-0.1, -0.05) is 6.07 Å². The van der Waals surface area contributed by atoms with Gasteiger partial charge in [0.15, 0.2) is 5.76 Å². The largest absolute Gasteiger partial charge is 0.478 e. The minimum atomic E-state index is -1.15. The van der Waals surface area contributed by atoms with E-state index in [0.717, 1.165) is 12.3 Å². The number of amides is 1. The van der Waals surface area contributed by atoms with E-state index in [9.17, 15) is 9.59 Å². The first-order valence-corrected chi connectivity index (χ1v) is 4.71. The lowest BCUT2D eigenvalue weighted by Gasteiger charge is -2.00. The number of furan rings is 1. The number of hydrogen-bond donors (Lipinski definition) is 2. The van der Waals surface area contributed by atoms with Gasteiger partial charge in [-0.05, 0) is 12.1 Å². The number of pyridine rings is 1. The molecule has 0 saturated heterocycles. The van der Waals surface area contributed by atoms with Crippen molar-refractivity contribution in [3.63, 3.8) is 0 Å². The maximum absolute atomic E-state index is 11.6. The number of carboxylic acid groups (broad SMARTS) is 1. The fraction of sp³-hybridized carbons (Fsp3) is 0. The Morgan fingerprint density at radius 2 is 2.18 bits per heavy atom. The zero-order valence-electron chi connectivity index (χ0n) is 8.58. The van der Waals surface area contributed by atoms with Crippen molar-refractivity contribution in [2.45, 2.75) is 0 Å². The van der Waals surface area contributed by atoms with E-state index in [-0.39, 0.29) is 11.3 Å². The third-order valence-corrected chi connectivity index (χ3v) is 1.98. The van der Waals surface area contributed by atoms with Crippen molar-refractivity contribution in [2.75, 3.05) is 5.32 Å². The maximum Gasteiger partial charge on any atom is 0.338 e. The molecule has 6 heteroatoms. The molecule has 17 heavy (non-hydrogen) atoms. The molecule has 0 spiro atoms. The summed E-state index contributed by atoms with van der Waals surface area (Å²) in [5.74, 6) is -1.40. The second kappa shape index (κ2) is 4.48. The Hall–Kier alpha value is -2.63. The Balaban J connectivity index is 2.12. The molecular weight excluding hydrogens is 224 g/mol. The molecule has 2 rings (SSSR count). The van der Waals surface area contributed by atoms with Crippen LogP contribution in [-0.2, 0) is 0 Å². The molecule has 6 nitrogen and oxygen atoms in total. The summed E-state index contributed by atoms with van der Waals surface area (Å²) in [5.41, 5.74) is -0.0730. The summed E-state index contributed by atoms with van der Waals surface area (Å²) < 4.78 is 4.84. The number of nitrogens with one attached hydrogen (secondary N) is 1. The molecule has 0 aliphatic heterocycles. The zero-order chi connectivity index (χ0) is 12.3. The maximum atomic E-state index is 11.6. The van der Waals surface area contributed by atoms with Crippen LogP contribution in [0.2, 0.25) is 0 Å². The van der Waals surface area contributed by atoms with Crippen molar-refractivity contribution in [1.82, 2.24) is 4.98 Å². The van der Waals surface area contributed by atoms with Crippen LogP contribution >= 0.6 is 0 Å². The Labute approximate surface area is 95.9 Å². The predicted molar refractivity (Wildman–Crippen MR) is 57.9 cm³/mol. The average Bonchev–Trinajstić information content (AvgIpc) is 2.79. The van der Waals surface area contributed by atoms with Crippen LogP contribution in [0, 0.1) is 0 Å². The highest BCUT2D eigenvalue weighted by atomic mass is 16.4. The first-order valence-electron chi connectivity index (χ1n) is 4.71. The molecule has 0 aromatic carbocycles. The Kier molecular flexibility index (Phi) is 2.87. The van der Waals surface area contributed by atoms with Crippen LogP contribution in [0.25, 0.3) is 0 Å². The first-order chi connectivity index (χ1) is 8.16. The van der Waals surface area contributed by atoms with E-state index < -0.39 is 11.9 Å². The van der Waals surface area contributed by atoms with Gasteiger partial charge in [0, 0.05) is 12.3 Å². The van der Waals surface area contributed by atoms with Crippen LogP contribution in [0.4, 0.5) is 5.82 Å². The molecule has 0 saturated carbocycles. The molecule has 0 bridgehead atoms. The number of aromatic carboxylic acids is 1. The fourth-order valence-corrected chi connectivity index (χ4v) is 1.18. The first kappa shape index (κ1) is 10.9. The highest BCUT2D eigenvalue weighted by Gasteiger charge is 2.14. The Bertz CT molecular complexity index is 548. The monoisotopic (exact) mass is 232 g/mol. The van der Waals surface area contributed by atoms with Gasteiger partial charge in [-0.25, -0.2) is 9.78 Å². The van der Waals surface area contributed by atoms with Crippen molar-refractivity contribution >= 4 is 17.7 Å². The number of rotatable bonds is 3. The summed E-state index contributed by atoms with van der Waals surface area (Å²) in [6, 6.07) is 6.19. The minimum absolute atomic E-state index is 0.0730. The normalized spacial score (nSPS) is 9.88. The minimum Gasteiger partial charge on any atom is -0.478 e. The third kappa shape index (κ3) is 2.49. The van der Waals surface area contributed by atoms with Crippen LogP contribution in [0.3, 0.4) is 0 Å². The summed E-state index contributed by atoms with van der Waals surface area (Å²) in [7, 11) is 0. The van der Waals surface area contributed by atoms with Gasteiger partial charge in [-0.2, -0.15) is 0 Å². The van der Waals surface area contributed by atoms with Gasteiger partial charge in [0.2, 0.25) is 0 Å². The molecule has 0 radical (unpaired) electrons. The quantitative estimate of drug-likeness (QED) is 0.838. The van der Waals surface area contributed by atoms with Gasteiger partial charge in [0.25, 0.3) is 5.91 Å². The van der Waals surface area contributed by atoms with Crippen molar-refractivity contribution in [1.29, 1.82) is 0 Å². The number of carboxylic acids is 1. The lowest BCUT2D eigenvalue weighted by atomic mass is 10.3. The van der Waals surface area contributed by atoms with E-state index in [1.807, 2.05) is 0 Å². The molecular formula is C11H8N2O4. The highest BCUT2D eigenvalue weighted by molar-refractivity contribution is 6.03. The third-order valence-electron chi connectivity index (χ3n) is 1.98. The van der Waals surface area contributed by atoms with Crippen LogP contribution in [0.1, 0.15) is 20.9 Å². The SMILES string of the molecule is O=C(O)c1coc(C(=O)Nc2ccccn2)c1. The molecule has 2 N–H and O–H groups in total. The molecule has 2 heterocycles. The molecule has 0 aliphatic rings. The summed E-state index contributed by atoms with van der Waals surface area (Å²) in [4.78, 5) is 26.1.